The lowest BCUT2D eigenvalue weighted by Gasteiger charge is -1.99. The van der Waals surface area contributed by atoms with Crippen LogP contribution in [0.1, 0.15) is 6.92 Å². The molecule has 0 saturated carbocycles. The van der Waals surface area contributed by atoms with Gasteiger partial charge in [-0.2, -0.15) is 0 Å². The van der Waals surface area contributed by atoms with Crippen molar-refractivity contribution in [3.05, 3.63) is 30.3 Å². The lowest BCUT2D eigenvalue weighted by Crippen LogP contribution is -1.79. The number of benzene rings is 1. The fourth-order valence-electron chi connectivity index (χ4n) is 0.603. The fraction of sp³-hybridized carbons (Fsp3) is 0.250. The standard InChI is InChI=1S/C8H10OS/c1-2-10-9-8-6-4-3-5-7-8/h3-7H,2H2,1H3. The molecular formula is C8H10OS. The monoisotopic (exact) mass is 154 g/mol. The van der Waals surface area contributed by atoms with E-state index in [1.165, 1.54) is 12.0 Å². The highest BCUT2D eigenvalue weighted by molar-refractivity contribution is 7.94. The summed E-state index contributed by atoms with van der Waals surface area (Å²) in [5.74, 6) is 1.91. The van der Waals surface area contributed by atoms with Crippen molar-refractivity contribution in [2.45, 2.75) is 6.92 Å². The molecule has 10 heavy (non-hydrogen) atoms. The van der Waals surface area contributed by atoms with Gasteiger partial charge >= 0.3 is 0 Å². The zero-order chi connectivity index (χ0) is 7.23. The number of rotatable bonds is 3. The molecule has 0 bridgehead atoms. The third-order valence-electron chi connectivity index (χ3n) is 1.02. The van der Waals surface area contributed by atoms with E-state index in [1.54, 1.807) is 0 Å². The summed E-state index contributed by atoms with van der Waals surface area (Å²) in [5, 5.41) is 0. The van der Waals surface area contributed by atoms with Gasteiger partial charge in [-0.3, -0.25) is 0 Å². The van der Waals surface area contributed by atoms with Gasteiger partial charge in [0.2, 0.25) is 0 Å². The van der Waals surface area contributed by atoms with Gasteiger partial charge in [0.1, 0.15) is 5.75 Å². The molecule has 54 valence electrons. The molecule has 1 nitrogen and oxygen atoms in total. The minimum Gasteiger partial charge on any atom is -0.426 e. The highest BCUT2D eigenvalue weighted by Gasteiger charge is 1.87. The number of para-hydroxylation sites is 1. The maximum absolute atomic E-state index is 5.27. The van der Waals surface area contributed by atoms with Crippen LogP contribution in [0.2, 0.25) is 0 Å². The van der Waals surface area contributed by atoms with Crippen LogP contribution in [0, 0.1) is 0 Å². The van der Waals surface area contributed by atoms with Crippen LogP contribution in [0.25, 0.3) is 0 Å². The lowest BCUT2D eigenvalue weighted by atomic mass is 10.3. The zero-order valence-corrected chi connectivity index (χ0v) is 6.73. The topological polar surface area (TPSA) is 9.23 Å². The molecule has 0 aliphatic heterocycles. The van der Waals surface area contributed by atoms with Crippen LogP contribution in [0.5, 0.6) is 5.75 Å². The molecular weight excluding hydrogens is 144 g/mol. The predicted molar refractivity (Wildman–Crippen MR) is 45.2 cm³/mol. The second-order valence-corrected chi connectivity index (χ2v) is 2.78. The zero-order valence-electron chi connectivity index (χ0n) is 5.91. The normalized spacial score (nSPS) is 9.30. The molecule has 0 atom stereocenters. The molecule has 0 N–H and O–H groups in total. The summed E-state index contributed by atoms with van der Waals surface area (Å²) >= 11 is 1.46. The molecule has 0 aliphatic carbocycles. The van der Waals surface area contributed by atoms with E-state index in [-0.39, 0.29) is 0 Å². The molecule has 0 heterocycles. The first-order chi connectivity index (χ1) is 4.93. The van der Waals surface area contributed by atoms with Crippen LogP contribution >= 0.6 is 12.0 Å². The minimum atomic E-state index is 0.925. The maximum Gasteiger partial charge on any atom is 0.137 e. The Morgan fingerprint density at radius 3 is 2.60 bits per heavy atom. The first kappa shape index (κ1) is 7.48. The summed E-state index contributed by atoms with van der Waals surface area (Å²) < 4.78 is 5.27. The van der Waals surface area contributed by atoms with E-state index in [2.05, 4.69) is 6.92 Å². The molecule has 1 aromatic carbocycles. The molecule has 0 unspecified atom stereocenters. The van der Waals surface area contributed by atoms with Crippen molar-refractivity contribution in [2.24, 2.45) is 0 Å². The van der Waals surface area contributed by atoms with Gasteiger partial charge in [0.05, 0.1) is 12.0 Å². The van der Waals surface area contributed by atoms with E-state index in [1.807, 2.05) is 30.3 Å². The predicted octanol–water partition coefficient (Wildman–Crippen LogP) is 2.73. The van der Waals surface area contributed by atoms with Gasteiger partial charge in [0, 0.05) is 5.75 Å². The second-order valence-electron chi connectivity index (χ2n) is 1.80. The average molecular weight is 154 g/mol. The third-order valence-corrected chi connectivity index (χ3v) is 1.56. The molecule has 0 amide bonds. The maximum atomic E-state index is 5.27. The van der Waals surface area contributed by atoms with Gasteiger partial charge in [-0.15, -0.1) is 0 Å². The Kier molecular flexibility index (Phi) is 3.16. The minimum absolute atomic E-state index is 0.925. The van der Waals surface area contributed by atoms with Gasteiger partial charge in [-0.05, 0) is 12.1 Å². The summed E-state index contributed by atoms with van der Waals surface area (Å²) in [4.78, 5) is 0. The molecule has 1 aromatic rings. The highest BCUT2D eigenvalue weighted by atomic mass is 32.2. The Morgan fingerprint density at radius 1 is 1.30 bits per heavy atom. The van der Waals surface area contributed by atoms with Gasteiger partial charge < -0.3 is 4.18 Å². The van der Waals surface area contributed by atoms with Crippen molar-refractivity contribution in [1.82, 2.24) is 0 Å². The van der Waals surface area contributed by atoms with Crippen molar-refractivity contribution in [2.75, 3.05) is 5.75 Å². The molecule has 0 saturated heterocycles. The average Bonchev–Trinajstić information content (AvgIpc) is 2.03. The molecule has 0 aliphatic rings. The van der Waals surface area contributed by atoms with E-state index in [9.17, 15) is 0 Å². The SMILES string of the molecule is CCSOc1ccccc1. The molecule has 0 spiro atoms. The van der Waals surface area contributed by atoms with Crippen molar-refractivity contribution in [3.8, 4) is 5.75 Å². The van der Waals surface area contributed by atoms with Crippen LogP contribution in [0.4, 0.5) is 0 Å². The van der Waals surface area contributed by atoms with Crippen molar-refractivity contribution < 1.29 is 4.18 Å². The Morgan fingerprint density at radius 2 is 2.00 bits per heavy atom. The summed E-state index contributed by atoms with van der Waals surface area (Å²) in [5.41, 5.74) is 0. The Balaban J connectivity index is 2.43. The van der Waals surface area contributed by atoms with Crippen LogP contribution in [-0.2, 0) is 0 Å². The van der Waals surface area contributed by atoms with Crippen LogP contribution in [-0.4, -0.2) is 5.75 Å². The first-order valence-electron chi connectivity index (χ1n) is 3.28. The third kappa shape index (κ3) is 2.31. The van der Waals surface area contributed by atoms with E-state index in [4.69, 9.17) is 4.18 Å². The second kappa shape index (κ2) is 4.23. The summed E-state index contributed by atoms with van der Waals surface area (Å²) in [6.45, 7) is 2.06. The van der Waals surface area contributed by atoms with Gasteiger partial charge in [-0.1, -0.05) is 25.1 Å². The van der Waals surface area contributed by atoms with Gasteiger partial charge in [0.25, 0.3) is 0 Å². The van der Waals surface area contributed by atoms with E-state index in [0.717, 1.165) is 11.5 Å². The summed E-state index contributed by atoms with van der Waals surface area (Å²) in [6.07, 6.45) is 0. The van der Waals surface area contributed by atoms with Crippen LogP contribution in [0.15, 0.2) is 30.3 Å². The van der Waals surface area contributed by atoms with Crippen molar-refractivity contribution in [3.63, 3.8) is 0 Å². The Hall–Kier alpha value is -0.630. The summed E-state index contributed by atoms with van der Waals surface area (Å²) in [6, 6.07) is 9.80. The quantitative estimate of drug-likeness (QED) is 0.619. The molecule has 2 heteroatoms. The summed E-state index contributed by atoms with van der Waals surface area (Å²) in [7, 11) is 0. The number of hydrogen-bond donors (Lipinski definition) is 0. The molecule has 0 aromatic heterocycles. The Labute approximate surface area is 65.6 Å². The van der Waals surface area contributed by atoms with E-state index < -0.39 is 0 Å². The van der Waals surface area contributed by atoms with Gasteiger partial charge in [0.15, 0.2) is 0 Å². The lowest BCUT2D eigenvalue weighted by molar-refractivity contribution is 0.647. The van der Waals surface area contributed by atoms with Crippen LogP contribution in [0.3, 0.4) is 0 Å². The molecule has 0 fully saturated rings. The molecule has 0 radical (unpaired) electrons. The largest absolute Gasteiger partial charge is 0.426 e. The van der Waals surface area contributed by atoms with Crippen molar-refractivity contribution in [1.29, 1.82) is 0 Å². The van der Waals surface area contributed by atoms with E-state index in [0.29, 0.717) is 0 Å². The first-order valence-corrected chi connectivity index (χ1v) is 4.19. The molecule has 1 rings (SSSR count). The van der Waals surface area contributed by atoms with Crippen LogP contribution < -0.4 is 4.18 Å². The number of hydrogen-bond acceptors (Lipinski definition) is 2. The van der Waals surface area contributed by atoms with Gasteiger partial charge in [-0.25, -0.2) is 0 Å². The smallest absolute Gasteiger partial charge is 0.137 e. The van der Waals surface area contributed by atoms with E-state index >= 15 is 0 Å². The highest BCUT2D eigenvalue weighted by Crippen LogP contribution is 2.14. The Bertz CT molecular complexity index is 174. The van der Waals surface area contributed by atoms with Crippen molar-refractivity contribution >= 4 is 12.0 Å². The fourth-order valence-corrected chi connectivity index (χ4v) is 0.968.